The molecule has 0 radical (unpaired) electrons. The summed E-state index contributed by atoms with van der Waals surface area (Å²) in [6.07, 6.45) is 3.26. The van der Waals surface area contributed by atoms with Crippen molar-refractivity contribution in [3.05, 3.63) is 0 Å². The van der Waals surface area contributed by atoms with Gasteiger partial charge in [0.25, 0.3) is 0 Å². The van der Waals surface area contributed by atoms with E-state index in [-0.39, 0.29) is 5.60 Å². The average Bonchev–Trinajstić information content (AvgIpc) is 2.62. The van der Waals surface area contributed by atoms with Crippen LogP contribution in [-0.4, -0.2) is 11.7 Å². The number of fused-ring (bicyclic) bond motifs is 1. The molecule has 0 amide bonds. The number of epoxide rings is 1. The highest BCUT2D eigenvalue weighted by Crippen LogP contribution is 2.53. The van der Waals surface area contributed by atoms with Crippen LogP contribution in [0.3, 0.4) is 0 Å². The van der Waals surface area contributed by atoms with Crippen LogP contribution in [0.1, 0.15) is 40.5 Å². The predicted molar refractivity (Wildman–Crippen MR) is 50.0 cm³/mol. The first-order valence-electron chi connectivity index (χ1n) is 5.22. The fraction of sp³-hybridized carbons (Fsp3) is 1.00. The second kappa shape index (κ2) is 2.47. The molecule has 0 N–H and O–H groups in total. The number of hydrogen-bond donors (Lipinski definition) is 0. The highest BCUT2D eigenvalue weighted by Gasteiger charge is 2.59. The van der Waals surface area contributed by atoms with Crippen LogP contribution in [0.2, 0.25) is 0 Å². The molecule has 0 bridgehead atoms. The summed E-state index contributed by atoms with van der Waals surface area (Å²) in [5.41, 5.74) is 0.269. The molecule has 0 aromatic carbocycles. The minimum absolute atomic E-state index is 0.269. The molecule has 0 aromatic rings. The van der Waals surface area contributed by atoms with Crippen LogP contribution in [0.4, 0.5) is 0 Å². The van der Waals surface area contributed by atoms with Crippen molar-refractivity contribution in [2.75, 3.05) is 0 Å². The Kier molecular flexibility index (Phi) is 1.76. The first-order valence-corrected chi connectivity index (χ1v) is 5.22. The van der Waals surface area contributed by atoms with Gasteiger partial charge in [0.05, 0.1) is 11.7 Å². The predicted octanol–water partition coefficient (Wildman–Crippen LogP) is 2.85. The largest absolute Gasteiger partial charge is 0.366 e. The maximum Gasteiger partial charge on any atom is 0.0945 e. The Morgan fingerprint density at radius 1 is 1.33 bits per heavy atom. The standard InChI is InChI=1S/C11H20O/c1-7(2)9-5-8(3)11(4)10(6-9)12-11/h7-10H,5-6H2,1-4H3/t8?,9-,10?,11+/m1/s1. The second-order valence-corrected chi connectivity index (χ2v) is 5.17. The Hall–Kier alpha value is -0.0400. The molecular formula is C11H20O. The monoisotopic (exact) mass is 168 g/mol. The van der Waals surface area contributed by atoms with E-state index in [1.807, 2.05) is 0 Å². The van der Waals surface area contributed by atoms with E-state index >= 15 is 0 Å². The third kappa shape index (κ3) is 1.10. The minimum Gasteiger partial charge on any atom is -0.366 e. The highest BCUT2D eigenvalue weighted by atomic mass is 16.6. The number of hydrogen-bond acceptors (Lipinski definition) is 1. The van der Waals surface area contributed by atoms with Crippen molar-refractivity contribution in [3.63, 3.8) is 0 Å². The maximum atomic E-state index is 5.76. The van der Waals surface area contributed by atoms with Gasteiger partial charge in [-0.25, -0.2) is 0 Å². The normalized spacial score (nSPS) is 52.2. The quantitative estimate of drug-likeness (QED) is 0.548. The number of ether oxygens (including phenoxy) is 1. The summed E-state index contributed by atoms with van der Waals surface area (Å²) in [6.45, 7) is 9.29. The molecule has 0 spiro atoms. The lowest BCUT2D eigenvalue weighted by molar-refractivity contribution is 0.199. The second-order valence-electron chi connectivity index (χ2n) is 5.17. The zero-order valence-corrected chi connectivity index (χ0v) is 8.63. The molecule has 70 valence electrons. The number of rotatable bonds is 1. The van der Waals surface area contributed by atoms with Crippen LogP contribution in [-0.2, 0) is 4.74 Å². The Morgan fingerprint density at radius 3 is 2.50 bits per heavy atom. The van der Waals surface area contributed by atoms with Crippen LogP contribution >= 0.6 is 0 Å². The molecule has 4 atom stereocenters. The van der Waals surface area contributed by atoms with Crippen molar-refractivity contribution in [2.24, 2.45) is 17.8 Å². The van der Waals surface area contributed by atoms with Gasteiger partial charge < -0.3 is 4.74 Å². The lowest BCUT2D eigenvalue weighted by Crippen LogP contribution is -2.31. The van der Waals surface area contributed by atoms with Gasteiger partial charge in [-0.1, -0.05) is 20.8 Å². The van der Waals surface area contributed by atoms with E-state index in [1.165, 1.54) is 12.8 Å². The maximum absolute atomic E-state index is 5.76. The van der Waals surface area contributed by atoms with Crippen molar-refractivity contribution in [1.29, 1.82) is 0 Å². The third-order valence-electron chi connectivity index (χ3n) is 4.07. The fourth-order valence-electron chi connectivity index (χ4n) is 2.59. The first kappa shape index (κ1) is 8.55. The summed E-state index contributed by atoms with van der Waals surface area (Å²) in [6, 6.07) is 0. The van der Waals surface area contributed by atoms with Crippen LogP contribution in [0.5, 0.6) is 0 Å². The smallest absolute Gasteiger partial charge is 0.0945 e. The van der Waals surface area contributed by atoms with Gasteiger partial charge in [0.15, 0.2) is 0 Å². The molecule has 1 aliphatic carbocycles. The van der Waals surface area contributed by atoms with Crippen LogP contribution < -0.4 is 0 Å². The van der Waals surface area contributed by atoms with E-state index in [4.69, 9.17) is 4.74 Å². The van der Waals surface area contributed by atoms with E-state index in [9.17, 15) is 0 Å². The summed E-state index contributed by atoms with van der Waals surface area (Å²) in [5.74, 6) is 2.51. The van der Waals surface area contributed by atoms with Crippen molar-refractivity contribution in [1.82, 2.24) is 0 Å². The molecule has 2 rings (SSSR count). The van der Waals surface area contributed by atoms with E-state index in [0.29, 0.717) is 6.10 Å². The Bertz CT molecular complexity index is 187. The van der Waals surface area contributed by atoms with Crippen LogP contribution in [0.15, 0.2) is 0 Å². The molecule has 1 saturated carbocycles. The SMILES string of the molecule is CC(C)[C@@H]1CC(C)[C@]2(C)OC2C1. The highest BCUT2D eigenvalue weighted by molar-refractivity contribution is 5.07. The zero-order valence-electron chi connectivity index (χ0n) is 8.63. The van der Waals surface area contributed by atoms with Gasteiger partial charge in [0.2, 0.25) is 0 Å². The van der Waals surface area contributed by atoms with Crippen molar-refractivity contribution in [3.8, 4) is 0 Å². The van der Waals surface area contributed by atoms with Gasteiger partial charge >= 0.3 is 0 Å². The van der Waals surface area contributed by atoms with Crippen molar-refractivity contribution in [2.45, 2.75) is 52.2 Å². The molecule has 2 aliphatic rings. The van der Waals surface area contributed by atoms with Crippen molar-refractivity contribution >= 4 is 0 Å². The Labute approximate surface area is 75.5 Å². The Morgan fingerprint density at radius 2 is 2.00 bits per heavy atom. The fourth-order valence-corrected chi connectivity index (χ4v) is 2.59. The molecule has 2 unspecified atom stereocenters. The van der Waals surface area contributed by atoms with Crippen molar-refractivity contribution < 1.29 is 4.74 Å². The van der Waals surface area contributed by atoms with E-state index in [0.717, 1.165) is 17.8 Å². The van der Waals surface area contributed by atoms with Gasteiger partial charge in [-0.2, -0.15) is 0 Å². The molecule has 0 aromatic heterocycles. The molecular weight excluding hydrogens is 148 g/mol. The van der Waals surface area contributed by atoms with Gasteiger partial charge in [0.1, 0.15) is 0 Å². The molecule has 2 fully saturated rings. The van der Waals surface area contributed by atoms with Crippen LogP contribution in [0, 0.1) is 17.8 Å². The van der Waals surface area contributed by atoms with E-state index in [1.54, 1.807) is 0 Å². The summed E-state index contributed by atoms with van der Waals surface area (Å²) in [4.78, 5) is 0. The minimum atomic E-state index is 0.269. The first-order chi connectivity index (χ1) is 5.54. The summed E-state index contributed by atoms with van der Waals surface area (Å²) < 4.78 is 5.76. The zero-order chi connectivity index (χ0) is 8.93. The molecule has 1 heteroatoms. The summed E-state index contributed by atoms with van der Waals surface area (Å²) in [7, 11) is 0. The van der Waals surface area contributed by atoms with E-state index < -0.39 is 0 Å². The lowest BCUT2D eigenvalue weighted by Gasteiger charge is -2.30. The summed E-state index contributed by atoms with van der Waals surface area (Å²) in [5, 5.41) is 0. The molecule has 1 nitrogen and oxygen atoms in total. The topological polar surface area (TPSA) is 12.5 Å². The average molecular weight is 168 g/mol. The summed E-state index contributed by atoms with van der Waals surface area (Å²) >= 11 is 0. The van der Waals surface area contributed by atoms with Gasteiger partial charge in [-0.15, -0.1) is 0 Å². The molecule has 1 saturated heterocycles. The Balaban J connectivity index is 2.02. The van der Waals surface area contributed by atoms with Gasteiger partial charge in [-0.05, 0) is 37.5 Å². The van der Waals surface area contributed by atoms with E-state index in [2.05, 4.69) is 27.7 Å². The van der Waals surface area contributed by atoms with Crippen LogP contribution in [0.25, 0.3) is 0 Å². The molecule has 12 heavy (non-hydrogen) atoms. The lowest BCUT2D eigenvalue weighted by atomic mass is 9.72. The third-order valence-corrected chi connectivity index (χ3v) is 4.07. The van der Waals surface area contributed by atoms with Gasteiger partial charge in [-0.3, -0.25) is 0 Å². The molecule has 1 heterocycles. The van der Waals surface area contributed by atoms with Gasteiger partial charge in [0, 0.05) is 0 Å². The molecule has 1 aliphatic heterocycles.